The molecule has 1 aliphatic heterocycles. The van der Waals surface area contributed by atoms with Gasteiger partial charge in [0.2, 0.25) is 12.7 Å². The van der Waals surface area contributed by atoms with Gasteiger partial charge in [-0.25, -0.2) is 0 Å². The fraction of sp³-hybridized carbons (Fsp3) is 0.235. The third-order valence-corrected chi connectivity index (χ3v) is 3.43. The van der Waals surface area contributed by atoms with Crippen LogP contribution in [0.15, 0.2) is 42.5 Å². The second-order valence-corrected chi connectivity index (χ2v) is 4.97. The first-order chi connectivity index (χ1) is 10.7. The standard InChI is InChI=1S/C17H17NO4/c1-20-14-4-2-3-13(10-14)18-17(19)8-6-12-5-7-15-16(9-12)22-11-21-15/h2-5,7,9-10H,6,8,11H2,1H3,(H,18,19). The Morgan fingerprint density at radius 1 is 1.18 bits per heavy atom. The fourth-order valence-corrected chi connectivity index (χ4v) is 2.28. The van der Waals surface area contributed by atoms with E-state index in [2.05, 4.69) is 5.32 Å². The molecule has 0 aliphatic carbocycles. The molecule has 5 nitrogen and oxygen atoms in total. The first-order valence-corrected chi connectivity index (χ1v) is 7.07. The normalized spacial score (nSPS) is 12.0. The quantitative estimate of drug-likeness (QED) is 0.922. The summed E-state index contributed by atoms with van der Waals surface area (Å²) in [6.07, 6.45) is 1.04. The van der Waals surface area contributed by atoms with E-state index in [9.17, 15) is 4.79 Å². The van der Waals surface area contributed by atoms with Crippen LogP contribution in [-0.4, -0.2) is 19.8 Å². The maximum absolute atomic E-state index is 12.0. The summed E-state index contributed by atoms with van der Waals surface area (Å²) in [5.74, 6) is 2.18. The van der Waals surface area contributed by atoms with Crippen LogP contribution in [0, 0.1) is 0 Å². The average molecular weight is 299 g/mol. The molecule has 0 atom stereocenters. The third kappa shape index (κ3) is 3.31. The van der Waals surface area contributed by atoms with E-state index in [4.69, 9.17) is 14.2 Å². The smallest absolute Gasteiger partial charge is 0.231 e. The first-order valence-electron chi connectivity index (χ1n) is 7.07. The Kier molecular flexibility index (Phi) is 4.14. The Labute approximate surface area is 128 Å². The number of rotatable bonds is 5. The van der Waals surface area contributed by atoms with E-state index < -0.39 is 0 Å². The molecule has 114 valence electrons. The first kappa shape index (κ1) is 14.3. The zero-order valence-corrected chi connectivity index (χ0v) is 12.3. The van der Waals surface area contributed by atoms with E-state index in [-0.39, 0.29) is 12.7 Å². The Balaban J connectivity index is 1.56. The summed E-state index contributed by atoms with van der Waals surface area (Å²) < 4.78 is 15.7. The SMILES string of the molecule is COc1cccc(NC(=O)CCc2ccc3c(c2)OCO3)c1. The number of carbonyl (C=O) groups excluding carboxylic acids is 1. The number of anilines is 1. The number of carbonyl (C=O) groups is 1. The van der Waals surface area contributed by atoms with E-state index in [0.717, 1.165) is 22.7 Å². The van der Waals surface area contributed by atoms with Crippen molar-refractivity contribution < 1.29 is 19.0 Å². The van der Waals surface area contributed by atoms with E-state index in [1.165, 1.54) is 0 Å². The number of hydrogen-bond donors (Lipinski definition) is 1. The lowest BCUT2D eigenvalue weighted by Gasteiger charge is -2.07. The van der Waals surface area contributed by atoms with E-state index in [0.29, 0.717) is 18.6 Å². The van der Waals surface area contributed by atoms with Gasteiger partial charge in [-0.05, 0) is 36.2 Å². The van der Waals surface area contributed by atoms with E-state index >= 15 is 0 Å². The van der Waals surface area contributed by atoms with Crippen LogP contribution < -0.4 is 19.5 Å². The van der Waals surface area contributed by atoms with Gasteiger partial charge in [-0.15, -0.1) is 0 Å². The topological polar surface area (TPSA) is 56.8 Å². The molecule has 0 aromatic heterocycles. The van der Waals surface area contributed by atoms with Crippen molar-refractivity contribution in [2.24, 2.45) is 0 Å². The minimum absolute atomic E-state index is 0.0362. The Bertz CT molecular complexity index is 684. The summed E-state index contributed by atoms with van der Waals surface area (Å²) >= 11 is 0. The molecule has 0 fully saturated rings. The molecule has 1 heterocycles. The van der Waals surface area contributed by atoms with Gasteiger partial charge in [-0.1, -0.05) is 12.1 Å². The van der Waals surface area contributed by atoms with Gasteiger partial charge in [0, 0.05) is 18.2 Å². The highest BCUT2D eigenvalue weighted by atomic mass is 16.7. The second-order valence-electron chi connectivity index (χ2n) is 4.97. The van der Waals surface area contributed by atoms with Crippen molar-refractivity contribution in [1.82, 2.24) is 0 Å². The number of aryl methyl sites for hydroxylation is 1. The lowest BCUT2D eigenvalue weighted by molar-refractivity contribution is -0.116. The summed E-state index contributed by atoms with van der Waals surface area (Å²) in [5, 5.41) is 2.86. The van der Waals surface area contributed by atoms with Gasteiger partial charge in [-0.3, -0.25) is 4.79 Å². The number of hydrogen-bond acceptors (Lipinski definition) is 4. The van der Waals surface area contributed by atoms with Crippen molar-refractivity contribution in [1.29, 1.82) is 0 Å². The molecule has 0 radical (unpaired) electrons. The molecule has 0 spiro atoms. The predicted molar refractivity (Wildman–Crippen MR) is 82.5 cm³/mol. The number of amides is 1. The minimum Gasteiger partial charge on any atom is -0.497 e. The molecule has 1 N–H and O–H groups in total. The molecule has 1 aliphatic rings. The lowest BCUT2D eigenvalue weighted by Crippen LogP contribution is -2.12. The molecule has 0 saturated heterocycles. The molecule has 2 aromatic rings. The molecule has 0 saturated carbocycles. The molecule has 5 heteroatoms. The molecular formula is C17H17NO4. The number of benzene rings is 2. The van der Waals surface area contributed by atoms with E-state index in [1.54, 1.807) is 13.2 Å². The highest BCUT2D eigenvalue weighted by Crippen LogP contribution is 2.32. The zero-order valence-electron chi connectivity index (χ0n) is 12.3. The summed E-state index contributed by atoms with van der Waals surface area (Å²) in [6, 6.07) is 13.0. The van der Waals surface area contributed by atoms with Crippen molar-refractivity contribution in [2.75, 3.05) is 19.2 Å². The zero-order chi connectivity index (χ0) is 15.4. The van der Waals surface area contributed by atoms with Crippen LogP contribution in [0.25, 0.3) is 0 Å². The largest absolute Gasteiger partial charge is 0.497 e. The Hall–Kier alpha value is -2.69. The van der Waals surface area contributed by atoms with Gasteiger partial charge >= 0.3 is 0 Å². The highest BCUT2D eigenvalue weighted by molar-refractivity contribution is 5.91. The van der Waals surface area contributed by atoms with E-state index in [1.807, 2.05) is 36.4 Å². The molecular weight excluding hydrogens is 282 g/mol. The molecule has 0 unspecified atom stereocenters. The molecule has 1 amide bonds. The third-order valence-electron chi connectivity index (χ3n) is 3.43. The second kappa shape index (κ2) is 6.39. The number of methoxy groups -OCH3 is 1. The number of ether oxygens (including phenoxy) is 3. The summed E-state index contributed by atoms with van der Waals surface area (Å²) in [6.45, 7) is 0.259. The highest BCUT2D eigenvalue weighted by Gasteiger charge is 2.13. The Morgan fingerprint density at radius 3 is 2.91 bits per heavy atom. The van der Waals surface area contributed by atoms with Crippen LogP contribution in [0.4, 0.5) is 5.69 Å². The van der Waals surface area contributed by atoms with Gasteiger partial charge in [0.05, 0.1) is 7.11 Å². The number of fused-ring (bicyclic) bond motifs is 1. The maximum Gasteiger partial charge on any atom is 0.231 e. The van der Waals surface area contributed by atoms with Crippen molar-refractivity contribution in [3.8, 4) is 17.2 Å². The van der Waals surface area contributed by atoms with Crippen LogP contribution in [0.1, 0.15) is 12.0 Å². The van der Waals surface area contributed by atoms with Crippen molar-refractivity contribution in [3.63, 3.8) is 0 Å². The predicted octanol–water partition coefficient (Wildman–Crippen LogP) is 3.00. The maximum atomic E-state index is 12.0. The summed E-state index contributed by atoms with van der Waals surface area (Å²) in [4.78, 5) is 12.0. The number of nitrogens with one attached hydrogen (secondary N) is 1. The van der Waals surface area contributed by atoms with Gasteiger partial charge in [0.1, 0.15) is 5.75 Å². The van der Waals surface area contributed by atoms with Crippen LogP contribution in [0.5, 0.6) is 17.2 Å². The lowest BCUT2D eigenvalue weighted by atomic mass is 10.1. The summed E-state index contributed by atoms with van der Waals surface area (Å²) in [5.41, 5.74) is 1.78. The van der Waals surface area contributed by atoms with Gasteiger partial charge in [0.25, 0.3) is 0 Å². The minimum atomic E-state index is -0.0362. The molecule has 0 bridgehead atoms. The Morgan fingerprint density at radius 2 is 2.05 bits per heavy atom. The van der Waals surface area contributed by atoms with Gasteiger partial charge in [-0.2, -0.15) is 0 Å². The van der Waals surface area contributed by atoms with Gasteiger partial charge in [0.15, 0.2) is 11.5 Å². The van der Waals surface area contributed by atoms with Crippen molar-refractivity contribution in [3.05, 3.63) is 48.0 Å². The van der Waals surface area contributed by atoms with Crippen LogP contribution in [0.3, 0.4) is 0 Å². The molecule has 2 aromatic carbocycles. The molecule has 22 heavy (non-hydrogen) atoms. The van der Waals surface area contributed by atoms with Crippen LogP contribution in [0.2, 0.25) is 0 Å². The van der Waals surface area contributed by atoms with Crippen LogP contribution >= 0.6 is 0 Å². The molecule has 3 rings (SSSR count). The average Bonchev–Trinajstić information content (AvgIpc) is 3.00. The summed E-state index contributed by atoms with van der Waals surface area (Å²) in [7, 11) is 1.60. The van der Waals surface area contributed by atoms with Crippen molar-refractivity contribution in [2.45, 2.75) is 12.8 Å². The van der Waals surface area contributed by atoms with Crippen LogP contribution in [-0.2, 0) is 11.2 Å². The fourth-order valence-electron chi connectivity index (χ4n) is 2.28. The van der Waals surface area contributed by atoms with Gasteiger partial charge < -0.3 is 19.5 Å². The van der Waals surface area contributed by atoms with Crippen molar-refractivity contribution >= 4 is 11.6 Å². The monoisotopic (exact) mass is 299 g/mol.